The Hall–Kier alpha value is -0.680. The summed E-state index contributed by atoms with van der Waals surface area (Å²) in [6.45, 7) is 3.91. The third-order valence-corrected chi connectivity index (χ3v) is 4.75. The zero-order chi connectivity index (χ0) is 14.7. The van der Waals surface area contributed by atoms with Crippen LogP contribution in [0.15, 0.2) is 10.7 Å². The van der Waals surface area contributed by atoms with E-state index in [0.717, 1.165) is 42.0 Å². The van der Waals surface area contributed by atoms with Crippen molar-refractivity contribution in [3.63, 3.8) is 0 Å². The molecule has 0 bridgehead atoms. The number of carbonyl (C=O) groups excluding carboxylic acids is 1. The number of likely N-dealkylation sites (N-methyl/N-ethyl adjacent to an activating group) is 1. The van der Waals surface area contributed by atoms with E-state index in [9.17, 15) is 4.79 Å². The van der Waals surface area contributed by atoms with Crippen LogP contribution in [0.3, 0.4) is 0 Å². The van der Waals surface area contributed by atoms with E-state index in [2.05, 4.69) is 32.9 Å². The number of nitrogens with zero attached hydrogens (tertiary/aromatic N) is 3. The third kappa shape index (κ3) is 3.70. The Morgan fingerprint density at radius 1 is 1.40 bits per heavy atom. The molecule has 1 aliphatic carbocycles. The highest BCUT2D eigenvalue weighted by molar-refractivity contribution is 9.10. The monoisotopic (exact) mass is 341 g/mol. The Kier molecular flexibility index (Phi) is 5.38. The molecule has 1 aromatic heterocycles. The minimum atomic E-state index is 0.178. The molecule has 20 heavy (non-hydrogen) atoms. The lowest BCUT2D eigenvalue weighted by atomic mass is 9.80. The highest BCUT2D eigenvalue weighted by Crippen LogP contribution is 2.32. The number of hydrogen-bond acceptors (Lipinski definition) is 3. The van der Waals surface area contributed by atoms with Gasteiger partial charge in [0.15, 0.2) is 5.78 Å². The highest BCUT2D eigenvalue weighted by Gasteiger charge is 2.28. The molecule has 1 aromatic rings. The van der Waals surface area contributed by atoms with E-state index in [1.54, 1.807) is 6.20 Å². The van der Waals surface area contributed by atoms with Gasteiger partial charge in [-0.3, -0.25) is 9.48 Å². The fourth-order valence-electron chi connectivity index (χ4n) is 2.79. The van der Waals surface area contributed by atoms with Crippen molar-refractivity contribution in [1.29, 1.82) is 0 Å². The molecule has 2 rings (SSSR count). The molecule has 0 unspecified atom stereocenters. The average Bonchev–Trinajstić information content (AvgIpc) is 2.77. The van der Waals surface area contributed by atoms with Gasteiger partial charge in [0.25, 0.3) is 0 Å². The van der Waals surface area contributed by atoms with E-state index in [4.69, 9.17) is 0 Å². The first-order valence-corrected chi connectivity index (χ1v) is 8.18. The van der Waals surface area contributed by atoms with Crippen molar-refractivity contribution in [1.82, 2.24) is 14.7 Å². The van der Waals surface area contributed by atoms with E-state index in [0.29, 0.717) is 0 Å². The molecule has 0 aliphatic heterocycles. The van der Waals surface area contributed by atoms with Crippen molar-refractivity contribution in [2.75, 3.05) is 20.6 Å². The van der Waals surface area contributed by atoms with E-state index in [1.807, 2.05) is 18.8 Å². The minimum absolute atomic E-state index is 0.178. The zero-order valence-corrected chi connectivity index (χ0v) is 14.2. The number of halogens is 1. The first-order valence-electron chi connectivity index (χ1n) is 7.39. The highest BCUT2D eigenvalue weighted by atomic mass is 79.9. The quantitative estimate of drug-likeness (QED) is 0.771. The fraction of sp³-hybridized carbons (Fsp3) is 0.733. The van der Waals surface area contributed by atoms with E-state index >= 15 is 0 Å². The van der Waals surface area contributed by atoms with E-state index < -0.39 is 0 Å². The molecule has 1 heterocycles. The maximum Gasteiger partial charge on any atom is 0.185 e. The van der Waals surface area contributed by atoms with Crippen molar-refractivity contribution < 1.29 is 4.79 Å². The molecule has 0 atom stereocenters. The van der Waals surface area contributed by atoms with Crippen LogP contribution in [0.25, 0.3) is 0 Å². The van der Waals surface area contributed by atoms with Gasteiger partial charge < -0.3 is 4.90 Å². The van der Waals surface area contributed by atoms with Crippen LogP contribution in [-0.2, 0) is 6.54 Å². The molecule has 0 amide bonds. The second kappa shape index (κ2) is 6.85. The van der Waals surface area contributed by atoms with Crippen LogP contribution < -0.4 is 0 Å². The lowest BCUT2D eigenvalue weighted by Crippen LogP contribution is -2.26. The summed E-state index contributed by atoms with van der Waals surface area (Å²) in [6.07, 6.45) is 6.12. The Morgan fingerprint density at radius 3 is 2.65 bits per heavy atom. The Morgan fingerprint density at radius 2 is 2.05 bits per heavy atom. The molecule has 4 nitrogen and oxygen atoms in total. The van der Waals surface area contributed by atoms with Gasteiger partial charge in [0.05, 0.1) is 17.2 Å². The first kappa shape index (κ1) is 15.7. The number of hydrogen-bond donors (Lipinski definition) is 0. The van der Waals surface area contributed by atoms with Crippen molar-refractivity contribution in [3.8, 4) is 0 Å². The largest absolute Gasteiger partial charge is 0.308 e. The topological polar surface area (TPSA) is 38.1 Å². The SMILES string of the molecule is CC1CCC(C(=O)c2c(Br)cnn2CCN(C)C)CC1. The van der Waals surface area contributed by atoms with Gasteiger partial charge in [-0.25, -0.2) is 0 Å². The molecule has 0 radical (unpaired) electrons. The Labute approximate surface area is 129 Å². The Balaban J connectivity index is 2.10. The maximum atomic E-state index is 12.7. The first-order chi connectivity index (χ1) is 9.49. The molecule has 1 saturated carbocycles. The normalized spacial score (nSPS) is 23.2. The predicted molar refractivity (Wildman–Crippen MR) is 83.9 cm³/mol. The smallest absolute Gasteiger partial charge is 0.185 e. The van der Waals surface area contributed by atoms with E-state index in [-0.39, 0.29) is 11.7 Å². The minimum Gasteiger partial charge on any atom is -0.308 e. The van der Waals surface area contributed by atoms with Crippen molar-refractivity contribution in [2.45, 2.75) is 39.2 Å². The summed E-state index contributed by atoms with van der Waals surface area (Å²) in [6, 6.07) is 0. The number of carbonyl (C=O) groups is 1. The second-order valence-corrected chi connectivity index (χ2v) is 7.04. The van der Waals surface area contributed by atoms with Crippen LogP contribution >= 0.6 is 15.9 Å². The Bertz CT molecular complexity index is 462. The molecule has 5 heteroatoms. The number of aromatic nitrogens is 2. The molecule has 0 aromatic carbocycles. The summed E-state index contributed by atoms with van der Waals surface area (Å²) in [5, 5.41) is 4.34. The van der Waals surface area contributed by atoms with Gasteiger partial charge in [-0.05, 0) is 48.8 Å². The number of ketones is 1. The van der Waals surface area contributed by atoms with Crippen molar-refractivity contribution in [2.24, 2.45) is 11.8 Å². The zero-order valence-electron chi connectivity index (χ0n) is 12.6. The summed E-state index contributed by atoms with van der Waals surface area (Å²) < 4.78 is 2.68. The van der Waals surface area contributed by atoms with Gasteiger partial charge >= 0.3 is 0 Å². The maximum absolute atomic E-state index is 12.7. The molecular weight excluding hydrogens is 318 g/mol. The molecule has 0 N–H and O–H groups in total. The van der Waals surface area contributed by atoms with Gasteiger partial charge in [0, 0.05) is 12.5 Å². The summed E-state index contributed by atoms with van der Waals surface area (Å²) in [5.41, 5.74) is 0.756. The lowest BCUT2D eigenvalue weighted by molar-refractivity contribution is 0.0862. The fourth-order valence-corrected chi connectivity index (χ4v) is 3.28. The summed E-state index contributed by atoms with van der Waals surface area (Å²) in [7, 11) is 4.06. The predicted octanol–water partition coefficient (Wildman–Crippen LogP) is 3.22. The lowest BCUT2D eigenvalue weighted by Gasteiger charge is -2.25. The molecule has 1 fully saturated rings. The molecule has 1 aliphatic rings. The van der Waals surface area contributed by atoms with Crippen LogP contribution in [0, 0.1) is 11.8 Å². The standard InChI is InChI=1S/C15H24BrN3O/c1-11-4-6-12(7-5-11)15(20)14-13(16)10-17-19(14)9-8-18(2)3/h10-12H,4-9H2,1-3H3. The van der Waals surface area contributed by atoms with Crippen LogP contribution in [0.5, 0.6) is 0 Å². The molecule has 0 spiro atoms. The summed E-state index contributed by atoms with van der Waals surface area (Å²) in [4.78, 5) is 14.9. The van der Waals surface area contributed by atoms with Crippen LogP contribution in [0.1, 0.15) is 43.1 Å². The van der Waals surface area contributed by atoms with Crippen LogP contribution in [0.4, 0.5) is 0 Å². The van der Waals surface area contributed by atoms with Gasteiger partial charge in [-0.15, -0.1) is 0 Å². The van der Waals surface area contributed by atoms with Crippen LogP contribution in [0.2, 0.25) is 0 Å². The van der Waals surface area contributed by atoms with Gasteiger partial charge in [-0.1, -0.05) is 19.8 Å². The van der Waals surface area contributed by atoms with Crippen molar-refractivity contribution in [3.05, 3.63) is 16.4 Å². The molecular formula is C15H24BrN3O. The third-order valence-electron chi connectivity index (χ3n) is 4.17. The average molecular weight is 342 g/mol. The molecule has 112 valence electrons. The second-order valence-electron chi connectivity index (χ2n) is 6.19. The van der Waals surface area contributed by atoms with Gasteiger partial charge in [0.1, 0.15) is 5.69 Å². The van der Waals surface area contributed by atoms with Crippen molar-refractivity contribution >= 4 is 21.7 Å². The van der Waals surface area contributed by atoms with E-state index in [1.165, 1.54) is 12.8 Å². The van der Waals surface area contributed by atoms with Gasteiger partial charge in [0.2, 0.25) is 0 Å². The number of rotatable bonds is 5. The molecule has 0 saturated heterocycles. The summed E-state index contributed by atoms with van der Waals surface area (Å²) in [5.74, 6) is 1.21. The van der Waals surface area contributed by atoms with Crippen LogP contribution in [-0.4, -0.2) is 41.1 Å². The number of Topliss-reactive ketones (excluding diaryl/α,β-unsaturated/α-hetero) is 1. The van der Waals surface area contributed by atoms with Gasteiger partial charge in [-0.2, -0.15) is 5.10 Å². The summed E-state index contributed by atoms with van der Waals surface area (Å²) >= 11 is 3.49.